The van der Waals surface area contributed by atoms with E-state index in [4.69, 9.17) is 57.8 Å². The number of benzene rings is 2. The first-order valence-electron chi connectivity index (χ1n) is 16.8. The minimum atomic E-state index is -5.08. The molecule has 12 nitrogen and oxygen atoms in total. The average Bonchev–Trinajstić information content (AvgIpc) is 3.12. The van der Waals surface area contributed by atoms with Crippen LogP contribution in [0.15, 0.2) is 24.3 Å². The molecule has 2 N–H and O–H groups in total. The van der Waals surface area contributed by atoms with E-state index in [-0.39, 0.29) is 45.5 Å². The van der Waals surface area contributed by atoms with Crippen LogP contribution in [0.1, 0.15) is 55.2 Å². The molecule has 294 valence electrons. The second kappa shape index (κ2) is 18.2. The van der Waals surface area contributed by atoms with Crippen molar-refractivity contribution in [1.82, 2.24) is 20.0 Å². The van der Waals surface area contributed by atoms with Crippen molar-refractivity contribution < 1.29 is 50.9 Å². The highest BCUT2D eigenvalue weighted by molar-refractivity contribution is 6.31. The average molecular weight is 806 g/mol. The molecule has 0 aliphatic carbocycles. The molecule has 0 aromatic heterocycles. The second-order valence-corrected chi connectivity index (χ2v) is 14.6. The van der Waals surface area contributed by atoms with Crippen LogP contribution in [0, 0.1) is 34.3 Å². The molecule has 2 aromatic rings. The molecule has 4 aliphatic rings. The Hall–Kier alpha value is -3.81. The number of morpholine rings is 2. The van der Waals surface area contributed by atoms with Crippen LogP contribution < -0.4 is 5.32 Å². The first-order chi connectivity index (χ1) is 25.3. The number of nitriles is 2. The summed E-state index contributed by atoms with van der Waals surface area (Å²) < 4.78 is 76.4. The number of nitrogens with zero attached hydrogens (tertiary/aromatic N) is 5. The zero-order valence-electron chi connectivity index (χ0n) is 29.6. The van der Waals surface area contributed by atoms with Crippen LogP contribution >= 0.6 is 23.2 Å². The number of rotatable bonds is 2. The Balaban J connectivity index is 0.000000211. The lowest BCUT2D eigenvalue weighted by molar-refractivity contribution is -0.192. The van der Waals surface area contributed by atoms with E-state index >= 15 is 0 Å². The highest BCUT2D eigenvalue weighted by Crippen LogP contribution is 2.32. The van der Waals surface area contributed by atoms with Crippen LogP contribution in [0.25, 0.3) is 0 Å². The van der Waals surface area contributed by atoms with E-state index < -0.39 is 29.4 Å². The summed E-state index contributed by atoms with van der Waals surface area (Å²) in [5.41, 5.74) is 0.815. The fraction of sp³-hybridized carbons (Fsp3) is 0.543. The summed E-state index contributed by atoms with van der Waals surface area (Å²) in [7, 11) is 0. The number of ether oxygens (including phenoxy) is 3. The van der Waals surface area contributed by atoms with Crippen LogP contribution in [-0.2, 0) is 19.0 Å². The predicted molar refractivity (Wildman–Crippen MR) is 185 cm³/mol. The monoisotopic (exact) mass is 804 g/mol. The summed E-state index contributed by atoms with van der Waals surface area (Å²) in [5, 5.41) is 28.4. The second-order valence-electron chi connectivity index (χ2n) is 13.8. The Morgan fingerprint density at radius 1 is 0.852 bits per heavy atom. The van der Waals surface area contributed by atoms with E-state index in [2.05, 4.69) is 15.1 Å². The number of fused-ring (bicyclic) bond motifs is 2. The number of hydrogen-bond donors (Lipinski definition) is 2. The van der Waals surface area contributed by atoms with Gasteiger partial charge < -0.3 is 29.5 Å². The number of hydrogen-bond acceptors (Lipinski definition) is 10. The van der Waals surface area contributed by atoms with Gasteiger partial charge in [0.25, 0.3) is 0 Å². The minimum Gasteiger partial charge on any atom is -0.475 e. The molecule has 4 fully saturated rings. The van der Waals surface area contributed by atoms with Crippen molar-refractivity contribution in [1.29, 1.82) is 10.5 Å². The lowest BCUT2D eigenvalue weighted by Gasteiger charge is -2.46. The maximum atomic E-state index is 13.8. The molecule has 4 aliphatic heterocycles. The van der Waals surface area contributed by atoms with Crippen molar-refractivity contribution >= 4 is 35.3 Å². The highest BCUT2D eigenvalue weighted by atomic mass is 35.5. The molecule has 0 unspecified atom stereocenters. The topological polar surface area (TPSA) is 151 Å². The Kier molecular flexibility index (Phi) is 14.5. The van der Waals surface area contributed by atoms with E-state index in [0.717, 1.165) is 31.7 Å². The van der Waals surface area contributed by atoms with Crippen molar-refractivity contribution in [3.05, 3.63) is 68.2 Å². The lowest BCUT2D eigenvalue weighted by Crippen LogP contribution is -2.60. The smallest absolute Gasteiger partial charge is 0.475 e. The molecule has 19 heteroatoms. The predicted octanol–water partition coefficient (Wildman–Crippen LogP) is 5.67. The Morgan fingerprint density at radius 3 is 1.80 bits per heavy atom. The Bertz CT molecular complexity index is 1770. The third kappa shape index (κ3) is 11.4. The lowest BCUT2D eigenvalue weighted by atomic mass is 10.0. The van der Waals surface area contributed by atoms with Gasteiger partial charge in [-0.25, -0.2) is 18.4 Å². The maximum absolute atomic E-state index is 13.8. The van der Waals surface area contributed by atoms with Crippen LogP contribution in [0.5, 0.6) is 0 Å². The van der Waals surface area contributed by atoms with Crippen molar-refractivity contribution in [2.75, 3.05) is 65.6 Å². The zero-order chi connectivity index (χ0) is 40.0. The van der Waals surface area contributed by atoms with Gasteiger partial charge in [0.05, 0.1) is 52.6 Å². The number of carbonyl (C=O) groups excluding carboxylic acids is 1. The van der Waals surface area contributed by atoms with Gasteiger partial charge in [0.15, 0.2) is 11.6 Å². The largest absolute Gasteiger partial charge is 0.490 e. The number of alkyl halides is 3. The highest BCUT2D eigenvalue weighted by Gasteiger charge is 2.39. The molecule has 4 heterocycles. The summed E-state index contributed by atoms with van der Waals surface area (Å²) in [5.74, 6) is -4.12. The van der Waals surface area contributed by atoms with Gasteiger partial charge in [-0.15, -0.1) is 0 Å². The van der Waals surface area contributed by atoms with Gasteiger partial charge in [-0.2, -0.15) is 23.7 Å². The van der Waals surface area contributed by atoms with Gasteiger partial charge in [0, 0.05) is 58.4 Å². The number of nitrogens with one attached hydrogen (secondary N) is 1. The third-order valence-electron chi connectivity index (χ3n) is 8.84. The fourth-order valence-corrected chi connectivity index (χ4v) is 6.59. The Labute approximate surface area is 318 Å². The summed E-state index contributed by atoms with van der Waals surface area (Å²) in [6, 6.07) is 10.2. The minimum absolute atomic E-state index is 0.0231. The van der Waals surface area contributed by atoms with E-state index in [1.54, 1.807) is 11.0 Å². The Morgan fingerprint density at radius 2 is 1.33 bits per heavy atom. The van der Waals surface area contributed by atoms with Gasteiger partial charge in [-0.3, -0.25) is 9.80 Å². The van der Waals surface area contributed by atoms with Crippen molar-refractivity contribution in [3.8, 4) is 12.1 Å². The van der Waals surface area contributed by atoms with Gasteiger partial charge in [-0.1, -0.05) is 23.2 Å². The van der Waals surface area contributed by atoms with Gasteiger partial charge >= 0.3 is 18.2 Å². The summed E-state index contributed by atoms with van der Waals surface area (Å²) >= 11 is 11.8. The van der Waals surface area contributed by atoms with E-state index in [0.29, 0.717) is 51.0 Å². The SMILES string of the molecule is CC(C)(C)OC(=O)N1CCN2C[C@@H](c3cc(Cl)c(F)c(C#N)c3)OC[C@@H]2C1.N#Cc1cc([C@@H]2CN3CCNC[C@H]3CO2)cc(Cl)c1F.O=C(O)C(F)(F)F. The molecule has 0 radical (unpaired) electrons. The molecule has 4 atom stereocenters. The number of piperazine rings is 2. The van der Waals surface area contributed by atoms with Gasteiger partial charge in [0.1, 0.15) is 17.7 Å². The standard InChI is InChI=1S/C19H23ClFN3O3.C14H15ClFN3O.C2HF3O2/c1-19(2,3)27-18(25)24-5-4-23-10-16(26-11-14(23)9-24)12-6-13(8-22)17(21)15(20)7-12;15-12-4-9(3-10(5-17)14(12)16)13-7-19-2-1-18-6-11(19)8-20-13;3-2(4,5)1(6)7/h6-7,14,16H,4-5,9-11H2,1-3H3;3-4,11,13,18H,1-2,6-8H2;(H,6,7)/t14-,16-;11-,13-;/m00./s1. The summed E-state index contributed by atoms with van der Waals surface area (Å²) in [6.07, 6.45) is -5.85. The number of carbonyl (C=O) groups is 2. The molecule has 54 heavy (non-hydrogen) atoms. The van der Waals surface area contributed by atoms with E-state index in [1.165, 1.54) is 18.2 Å². The number of amides is 1. The molecule has 0 bridgehead atoms. The van der Waals surface area contributed by atoms with Crippen LogP contribution in [0.2, 0.25) is 10.0 Å². The molecule has 2 aromatic carbocycles. The molecule has 0 saturated carbocycles. The first-order valence-corrected chi connectivity index (χ1v) is 17.5. The number of carboxylic acid groups (broad SMARTS) is 1. The van der Waals surface area contributed by atoms with Crippen LogP contribution in [0.4, 0.5) is 26.7 Å². The molecule has 0 spiro atoms. The van der Waals surface area contributed by atoms with Crippen LogP contribution in [0.3, 0.4) is 0 Å². The fourth-order valence-electron chi connectivity index (χ4n) is 6.14. The summed E-state index contributed by atoms with van der Waals surface area (Å²) in [4.78, 5) is 27.5. The maximum Gasteiger partial charge on any atom is 0.490 e. The van der Waals surface area contributed by atoms with Crippen molar-refractivity contribution in [3.63, 3.8) is 0 Å². The van der Waals surface area contributed by atoms with Gasteiger partial charge in [0.2, 0.25) is 0 Å². The molecular weight excluding hydrogens is 766 g/mol. The number of halogens is 7. The molecule has 1 amide bonds. The first kappa shape index (κ1) is 42.9. The van der Waals surface area contributed by atoms with Crippen molar-refractivity contribution in [2.24, 2.45) is 0 Å². The number of carboxylic acids is 1. The van der Waals surface area contributed by atoms with Crippen LogP contribution in [-0.4, -0.2) is 121 Å². The van der Waals surface area contributed by atoms with E-state index in [1.807, 2.05) is 32.9 Å². The number of aliphatic carboxylic acids is 1. The molecule has 4 saturated heterocycles. The van der Waals surface area contributed by atoms with E-state index in [9.17, 15) is 26.7 Å². The van der Waals surface area contributed by atoms with Crippen molar-refractivity contribution in [2.45, 2.75) is 56.8 Å². The normalized spacial score (nSPS) is 23.1. The molecular formula is C35H39Cl2F5N6O6. The quantitative estimate of drug-likeness (QED) is 0.362. The third-order valence-corrected chi connectivity index (χ3v) is 9.39. The zero-order valence-corrected chi connectivity index (χ0v) is 31.1. The summed E-state index contributed by atoms with van der Waals surface area (Å²) in [6.45, 7) is 12.6. The van der Waals surface area contributed by atoms with Gasteiger partial charge in [-0.05, 0) is 56.2 Å². The molecule has 6 rings (SSSR count).